The largest absolute Gasteiger partial charge is 0.490 e. The number of imidazole rings is 1. The second-order valence-corrected chi connectivity index (χ2v) is 5.41. The molecule has 2 aromatic rings. The molecule has 0 saturated carbocycles. The molecule has 1 aromatic heterocycles. The van der Waals surface area contributed by atoms with Gasteiger partial charge in [0.15, 0.2) is 0 Å². The summed E-state index contributed by atoms with van der Waals surface area (Å²) in [4.78, 5) is 6.50. The molecule has 2 heterocycles. The van der Waals surface area contributed by atoms with Crippen LogP contribution in [0.15, 0.2) is 43.0 Å². The summed E-state index contributed by atoms with van der Waals surface area (Å²) in [6.07, 6.45) is 7.92. The van der Waals surface area contributed by atoms with Crippen LogP contribution in [0.2, 0.25) is 0 Å². The van der Waals surface area contributed by atoms with Crippen molar-refractivity contribution in [2.45, 2.75) is 25.5 Å². The average molecular weight is 289 g/mol. The minimum absolute atomic E-state index is 0.225. The van der Waals surface area contributed by atoms with Crippen molar-refractivity contribution in [3.63, 3.8) is 0 Å². The molecule has 0 radical (unpaired) electrons. The van der Waals surface area contributed by atoms with Gasteiger partial charge in [0.05, 0.1) is 6.33 Å². The maximum absolute atomic E-state index is 12.8. The lowest BCUT2D eigenvalue weighted by Gasteiger charge is -2.32. The van der Waals surface area contributed by atoms with Gasteiger partial charge < -0.3 is 14.2 Å². The molecular weight excluding hydrogens is 269 g/mol. The van der Waals surface area contributed by atoms with E-state index in [4.69, 9.17) is 4.74 Å². The maximum atomic E-state index is 12.8. The van der Waals surface area contributed by atoms with Gasteiger partial charge in [0.2, 0.25) is 0 Å². The van der Waals surface area contributed by atoms with Gasteiger partial charge in [-0.25, -0.2) is 9.37 Å². The number of hydrogen-bond acceptors (Lipinski definition) is 3. The molecule has 3 rings (SSSR count). The van der Waals surface area contributed by atoms with Crippen molar-refractivity contribution in [3.05, 3.63) is 48.8 Å². The standard InChI is InChI=1S/C16H20FN3O/c17-14-1-3-15(4-2-14)21-16-5-8-19(9-6-16)11-12-20-10-7-18-13-20/h1-4,7,10,13,16H,5-6,8-9,11-12H2. The van der Waals surface area contributed by atoms with Gasteiger partial charge in [-0.3, -0.25) is 0 Å². The molecular formula is C16H20FN3O. The van der Waals surface area contributed by atoms with Crippen molar-refractivity contribution in [1.82, 2.24) is 14.5 Å². The highest BCUT2D eigenvalue weighted by Gasteiger charge is 2.20. The molecule has 5 heteroatoms. The highest BCUT2D eigenvalue weighted by atomic mass is 19.1. The summed E-state index contributed by atoms with van der Waals surface area (Å²) in [5, 5.41) is 0. The van der Waals surface area contributed by atoms with E-state index in [1.807, 2.05) is 18.7 Å². The Morgan fingerprint density at radius 1 is 1.14 bits per heavy atom. The zero-order chi connectivity index (χ0) is 14.5. The number of likely N-dealkylation sites (tertiary alicyclic amines) is 1. The minimum Gasteiger partial charge on any atom is -0.490 e. The minimum atomic E-state index is -0.225. The monoisotopic (exact) mass is 289 g/mol. The van der Waals surface area contributed by atoms with Crippen LogP contribution in [0.25, 0.3) is 0 Å². The van der Waals surface area contributed by atoms with Crippen molar-refractivity contribution < 1.29 is 9.13 Å². The topological polar surface area (TPSA) is 30.3 Å². The highest BCUT2D eigenvalue weighted by molar-refractivity contribution is 5.22. The van der Waals surface area contributed by atoms with Crippen molar-refractivity contribution in [3.8, 4) is 5.75 Å². The Bertz CT molecular complexity index is 533. The Balaban J connectivity index is 1.41. The van der Waals surface area contributed by atoms with E-state index in [0.717, 1.165) is 44.8 Å². The average Bonchev–Trinajstić information content (AvgIpc) is 3.02. The van der Waals surface area contributed by atoms with E-state index in [0.29, 0.717) is 0 Å². The fourth-order valence-electron chi connectivity index (χ4n) is 2.63. The molecule has 1 fully saturated rings. The van der Waals surface area contributed by atoms with E-state index in [1.165, 1.54) is 12.1 Å². The smallest absolute Gasteiger partial charge is 0.123 e. The highest BCUT2D eigenvalue weighted by Crippen LogP contribution is 2.19. The van der Waals surface area contributed by atoms with E-state index in [9.17, 15) is 4.39 Å². The van der Waals surface area contributed by atoms with Crippen LogP contribution in [-0.2, 0) is 6.54 Å². The first-order valence-corrected chi connectivity index (χ1v) is 7.40. The van der Waals surface area contributed by atoms with Crippen LogP contribution in [-0.4, -0.2) is 40.2 Å². The van der Waals surface area contributed by atoms with Crippen LogP contribution in [0.1, 0.15) is 12.8 Å². The normalized spacial score (nSPS) is 17.0. The van der Waals surface area contributed by atoms with Crippen molar-refractivity contribution in [2.24, 2.45) is 0 Å². The second-order valence-electron chi connectivity index (χ2n) is 5.41. The molecule has 0 N–H and O–H groups in total. The lowest BCUT2D eigenvalue weighted by atomic mass is 10.1. The molecule has 1 aliphatic heterocycles. The van der Waals surface area contributed by atoms with Gasteiger partial charge in [-0.15, -0.1) is 0 Å². The third kappa shape index (κ3) is 4.04. The molecule has 0 atom stereocenters. The van der Waals surface area contributed by atoms with Gasteiger partial charge >= 0.3 is 0 Å². The van der Waals surface area contributed by atoms with Crippen LogP contribution < -0.4 is 4.74 Å². The van der Waals surface area contributed by atoms with Gasteiger partial charge in [0.25, 0.3) is 0 Å². The van der Waals surface area contributed by atoms with E-state index in [2.05, 4.69) is 14.5 Å². The van der Waals surface area contributed by atoms with Gasteiger partial charge in [0.1, 0.15) is 17.7 Å². The lowest BCUT2D eigenvalue weighted by Crippen LogP contribution is -2.39. The molecule has 0 unspecified atom stereocenters. The number of ether oxygens (including phenoxy) is 1. The lowest BCUT2D eigenvalue weighted by molar-refractivity contribution is 0.0985. The Kier molecular flexibility index (Phi) is 4.50. The van der Waals surface area contributed by atoms with Crippen LogP contribution in [0.5, 0.6) is 5.75 Å². The Morgan fingerprint density at radius 2 is 1.90 bits per heavy atom. The van der Waals surface area contributed by atoms with E-state index in [-0.39, 0.29) is 11.9 Å². The molecule has 0 amide bonds. The predicted molar refractivity (Wildman–Crippen MR) is 78.7 cm³/mol. The van der Waals surface area contributed by atoms with Crippen LogP contribution in [0.4, 0.5) is 4.39 Å². The Morgan fingerprint density at radius 3 is 2.57 bits per heavy atom. The molecule has 0 bridgehead atoms. The van der Waals surface area contributed by atoms with Crippen LogP contribution in [0, 0.1) is 5.82 Å². The third-order valence-corrected chi connectivity index (χ3v) is 3.88. The van der Waals surface area contributed by atoms with Crippen LogP contribution in [0.3, 0.4) is 0 Å². The number of aromatic nitrogens is 2. The Labute approximate surface area is 124 Å². The first kappa shape index (κ1) is 14.1. The van der Waals surface area contributed by atoms with Crippen molar-refractivity contribution >= 4 is 0 Å². The fraction of sp³-hybridized carbons (Fsp3) is 0.438. The summed E-state index contributed by atoms with van der Waals surface area (Å²) in [7, 11) is 0. The SMILES string of the molecule is Fc1ccc(OC2CCN(CCn3ccnc3)CC2)cc1. The first-order valence-electron chi connectivity index (χ1n) is 7.40. The zero-order valence-corrected chi connectivity index (χ0v) is 12.0. The fourth-order valence-corrected chi connectivity index (χ4v) is 2.63. The quantitative estimate of drug-likeness (QED) is 0.847. The molecule has 21 heavy (non-hydrogen) atoms. The third-order valence-electron chi connectivity index (χ3n) is 3.88. The molecule has 1 aliphatic rings. The van der Waals surface area contributed by atoms with Crippen molar-refractivity contribution in [2.75, 3.05) is 19.6 Å². The first-order chi connectivity index (χ1) is 10.3. The maximum Gasteiger partial charge on any atom is 0.123 e. The van der Waals surface area contributed by atoms with Crippen LogP contribution >= 0.6 is 0 Å². The Hall–Kier alpha value is -1.88. The summed E-state index contributed by atoms with van der Waals surface area (Å²) >= 11 is 0. The van der Waals surface area contributed by atoms with E-state index >= 15 is 0 Å². The van der Waals surface area contributed by atoms with Gasteiger partial charge in [-0.2, -0.15) is 0 Å². The summed E-state index contributed by atoms with van der Waals surface area (Å²) in [5.41, 5.74) is 0. The summed E-state index contributed by atoms with van der Waals surface area (Å²) in [5.74, 6) is 0.532. The summed E-state index contributed by atoms with van der Waals surface area (Å²) < 4.78 is 20.8. The number of nitrogens with zero attached hydrogens (tertiary/aromatic N) is 3. The summed E-state index contributed by atoms with van der Waals surface area (Å²) in [6, 6.07) is 6.27. The number of piperidine rings is 1. The van der Waals surface area contributed by atoms with E-state index < -0.39 is 0 Å². The molecule has 112 valence electrons. The molecule has 4 nitrogen and oxygen atoms in total. The number of hydrogen-bond donors (Lipinski definition) is 0. The predicted octanol–water partition coefficient (Wildman–Crippen LogP) is 2.57. The second kappa shape index (κ2) is 6.72. The molecule has 0 spiro atoms. The van der Waals surface area contributed by atoms with Crippen molar-refractivity contribution in [1.29, 1.82) is 0 Å². The number of benzene rings is 1. The van der Waals surface area contributed by atoms with Gasteiger partial charge in [-0.05, 0) is 37.1 Å². The molecule has 1 saturated heterocycles. The number of halogens is 1. The van der Waals surface area contributed by atoms with Gasteiger partial charge in [-0.1, -0.05) is 0 Å². The summed E-state index contributed by atoms with van der Waals surface area (Å²) in [6.45, 7) is 4.10. The van der Waals surface area contributed by atoms with E-state index in [1.54, 1.807) is 12.1 Å². The molecule has 1 aromatic carbocycles. The zero-order valence-electron chi connectivity index (χ0n) is 12.0. The van der Waals surface area contributed by atoms with Gasteiger partial charge in [0, 0.05) is 38.6 Å². The molecule has 0 aliphatic carbocycles. The number of rotatable bonds is 5.